The second-order valence-electron chi connectivity index (χ2n) is 7.26. The Bertz CT molecular complexity index is 607. The Morgan fingerprint density at radius 1 is 1.44 bits per heavy atom. The van der Waals surface area contributed by atoms with E-state index in [1.54, 1.807) is 0 Å². The van der Waals surface area contributed by atoms with Crippen LogP contribution in [0.3, 0.4) is 0 Å². The van der Waals surface area contributed by atoms with Crippen molar-refractivity contribution in [3.63, 3.8) is 0 Å². The minimum Gasteiger partial charge on any atom is -0.493 e. The van der Waals surface area contributed by atoms with Crippen molar-refractivity contribution in [1.29, 1.82) is 0 Å². The Morgan fingerprint density at radius 2 is 2.28 bits per heavy atom. The van der Waals surface area contributed by atoms with Crippen molar-refractivity contribution in [1.82, 2.24) is 4.90 Å². The number of nitrogens with zero attached hydrogens (tertiary/aromatic N) is 1. The van der Waals surface area contributed by atoms with E-state index in [2.05, 4.69) is 19.2 Å². The molecule has 2 saturated heterocycles. The van der Waals surface area contributed by atoms with Crippen molar-refractivity contribution in [2.24, 2.45) is 5.92 Å². The first-order valence-electron chi connectivity index (χ1n) is 9.03. The zero-order valence-corrected chi connectivity index (χ0v) is 15.3. The number of carbonyl (C=O) groups is 1. The molecule has 0 radical (unpaired) electrons. The molecule has 1 N–H and O–H groups in total. The zero-order chi connectivity index (χ0) is 17.9. The lowest BCUT2D eigenvalue weighted by Crippen LogP contribution is -2.57. The Morgan fingerprint density at radius 3 is 3.00 bits per heavy atom. The first-order valence-corrected chi connectivity index (χ1v) is 9.03. The van der Waals surface area contributed by atoms with Gasteiger partial charge in [-0.05, 0) is 25.0 Å². The van der Waals surface area contributed by atoms with Crippen LogP contribution in [-0.2, 0) is 9.47 Å². The second-order valence-corrected chi connectivity index (χ2v) is 7.26. The molecule has 2 atom stereocenters. The van der Waals surface area contributed by atoms with Crippen LogP contribution in [0.1, 0.15) is 27.2 Å². The molecular formula is C19H28N2O4. The molecule has 0 aliphatic carbocycles. The number of ether oxygens (including phenoxy) is 3. The highest BCUT2D eigenvalue weighted by atomic mass is 16.6. The Kier molecular flexibility index (Phi) is 5.49. The molecule has 25 heavy (non-hydrogen) atoms. The van der Waals surface area contributed by atoms with Gasteiger partial charge in [0, 0.05) is 31.3 Å². The number of urea groups is 1. The normalized spacial score (nSPS) is 26.2. The Hall–Kier alpha value is -1.79. The van der Waals surface area contributed by atoms with Gasteiger partial charge in [0.15, 0.2) is 0 Å². The van der Waals surface area contributed by atoms with Crippen molar-refractivity contribution in [2.75, 3.05) is 38.2 Å². The molecule has 1 spiro atoms. The molecule has 2 heterocycles. The van der Waals surface area contributed by atoms with Crippen LogP contribution >= 0.6 is 0 Å². The number of benzene rings is 1. The van der Waals surface area contributed by atoms with Gasteiger partial charge in [-0.15, -0.1) is 0 Å². The zero-order valence-electron chi connectivity index (χ0n) is 15.3. The molecule has 6 heteroatoms. The summed E-state index contributed by atoms with van der Waals surface area (Å²) in [4.78, 5) is 14.5. The van der Waals surface area contributed by atoms with E-state index in [1.807, 2.05) is 36.1 Å². The first-order chi connectivity index (χ1) is 12.0. The van der Waals surface area contributed by atoms with Gasteiger partial charge in [0.1, 0.15) is 11.4 Å². The van der Waals surface area contributed by atoms with E-state index in [4.69, 9.17) is 14.2 Å². The fraction of sp³-hybridized carbons (Fsp3) is 0.632. The summed E-state index contributed by atoms with van der Waals surface area (Å²) in [6, 6.07) is 7.41. The second kappa shape index (κ2) is 7.62. The molecule has 2 amide bonds. The van der Waals surface area contributed by atoms with E-state index in [-0.39, 0.29) is 17.7 Å². The van der Waals surface area contributed by atoms with Gasteiger partial charge in [0.2, 0.25) is 0 Å². The monoisotopic (exact) mass is 348 g/mol. The maximum atomic E-state index is 12.7. The van der Waals surface area contributed by atoms with Gasteiger partial charge < -0.3 is 24.4 Å². The fourth-order valence-electron chi connectivity index (χ4n) is 3.27. The van der Waals surface area contributed by atoms with Crippen molar-refractivity contribution >= 4 is 11.7 Å². The molecule has 6 nitrogen and oxygen atoms in total. The number of amides is 2. The van der Waals surface area contributed by atoms with Crippen molar-refractivity contribution in [3.8, 4) is 5.75 Å². The topological polar surface area (TPSA) is 60.0 Å². The smallest absolute Gasteiger partial charge is 0.322 e. The van der Waals surface area contributed by atoms with Gasteiger partial charge in [-0.3, -0.25) is 0 Å². The number of morpholine rings is 1. The number of hydrogen-bond acceptors (Lipinski definition) is 4. The highest BCUT2D eigenvalue weighted by Gasteiger charge is 2.47. The number of anilines is 1. The molecule has 0 aromatic heterocycles. The van der Waals surface area contributed by atoms with Crippen LogP contribution in [0.2, 0.25) is 0 Å². The quantitative estimate of drug-likeness (QED) is 0.908. The molecule has 3 rings (SSSR count). The molecular weight excluding hydrogens is 320 g/mol. The summed E-state index contributed by atoms with van der Waals surface area (Å²) < 4.78 is 17.4. The van der Waals surface area contributed by atoms with Crippen LogP contribution < -0.4 is 10.1 Å². The molecule has 1 aromatic rings. The summed E-state index contributed by atoms with van der Waals surface area (Å²) in [6.07, 6.45) is 0.840. The van der Waals surface area contributed by atoms with E-state index in [0.29, 0.717) is 38.8 Å². The Labute approximate surface area is 149 Å². The standard InChI is InChI=1S/C19H28N2O4/c1-14(2)12-24-17-6-4-5-16(11-17)20-18(22)21-8-10-25-19(13-21)7-9-23-15(19)3/h4-6,11,14-15H,7-10,12-13H2,1-3H3,(H,20,22). The summed E-state index contributed by atoms with van der Waals surface area (Å²) in [6.45, 7) is 9.25. The summed E-state index contributed by atoms with van der Waals surface area (Å²) in [5.41, 5.74) is 0.375. The van der Waals surface area contributed by atoms with Gasteiger partial charge in [0.05, 0.1) is 25.9 Å². The van der Waals surface area contributed by atoms with Gasteiger partial charge >= 0.3 is 6.03 Å². The van der Waals surface area contributed by atoms with Crippen LogP contribution in [0.4, 0.5) is 10.5 Å². The molecule has 0 bridgehead atoms. The molecule has 138 valence electrons. The SMILES string of the molecule is CC(C)COc1cccc(NC(=O)N2CCOC3(CCOC3C)C2)c1. The maximum absolute atomic E-state index is 12.7. The predicted molar refractivity (Wildman–Crippen MR) is 96.1 cm³/mol. The van der Waals surface area contributed by atoms with Crippen LogP contribution in [0.5, 0.6) is 5.75 Å². The molecule has 2 fully saturated rings. The minimum absolute atomic E-state index is 0.0101. The third-order valence-corrected chi connectivity index (χ3v) is 4.80. The van der Waals surface area contributed by atoms with E-state index < -0.39 is 0 Å². The average molecular weight is 348 g/mol. The van der Waals surface area contributed by atoms with E-state index in [0.717, 1.165) is 17.9 Å². The first kappa shape index (κ1) is 18.0. The van der Waals surface area contributed by atoms with E-state index in [9.17, 15) is 4.79 Å². The van der Waals surface area contributed by atoms with Crippen molar-refractivity contribution < 1.29 is 19.0 Å². The number of rotatable bonds is 4. The number of hydrogen-bond donors (Lipinski definition) is 1. The third kappa shape index (κ3) is 4.25. The van der Waals surface area contributed by atoms with Crippen LogP contribution in [0, 0.1) is 5.92 Å². The maximum Gasteiger partial charge on any atom is 0.322 e. The highest BCUT2D eigenvalue weighted by molar-refractivity contribution is 5.89. The fourth-order valence-corrected chi connectivity index (χ4v) is 3.27. The largest absolute Gasteiger partial charge is 0.493 e. The minimum atomic E-state index is -0.363. The third-order valence-electron chi connectivity index (χ3n) is 4.80. The van der Waals surface area contributed by atoms with Crippen molar-refractivity contribution in [2.45, 2.75) is 38.9 Å². The summed E-state index contributed by atoms with van der Waals surface area (Å²) in [5.74, 6) is 1.22. The predicted octanol–water partition coefficient (Wildman–Crippen LogP) is 3.13. The lowest BCUT2D eigenvalue weighted by molar-refractivity contribution is -0.124. The molecule has 1 aromatic carbocycles. The molecule has 2 unspecified atom stereocenters. The van der Waals surface area contributed by atoms with Gasteiger partial charge in [-0.1, -0.05) is 19.9 Å². The molecule has 0 saturated carbocycles. The summed E-state index contributed by atoms with van der Waals surface area (Å²) in [7, 11) is 0. The van der Waals surface area contributed by atoms with Crippen LogP contribution in [0.15, 0.2) is 24.3 Å². The lowest BCUT2D eigenvalue weighted by atomic mass is 9.94. The number of carbonyl (C=O) groups excluding carboxylic acids is 1. The highest BCUT2D eigenvalue weighted by Crippen LogP contribution is 2.33. The molecule has 2 aliphatic heterocycles. The van der Waals surface area contributed by atoms with Gasteiger partial charge in [0.25, 0.3) is 0 Å². The summed E-state index contributed by atoms with van der Waals surface area (Å²) >= 11 is 0. The van der Waals surface area contributed by atoms with E-state index in [1.165, 1.54) is 0 Å². The van der Waals surface area contributed by atoms with Gasteiger partial charge in [-0.2, -0.15) is 0 Å². The van der Waals surface area contributed by atoms with Gasteiger partial charge in [-0.25, -0.2) is 4.79 Å². The average Bonchev–Trinajstić information content (AvgIpc) is 2.93. The summed E-state index contributed by atoms with van der Waals surface area (Å²) in [5, 5.41) is 2.97. The number of nitrogens with one attached hydrogen (secondary N) is 1. The van der Waals surface area contributed by atoms with Crippen LogP contribution in [-0.4, -0.2) is 55.5 Å². The molecule has 2 aliphatic rings. The lowest BCUT2D eigenvalue weighted by Gasteiger charge is -2.41. The van der Waals surface area contributed by atoms with E-state index >= 15 is 0 Å². The van der Waals surface area contributed by atoms with Crippen LogP contribution in [0.25, 0.3) is 0 Å². The van der Waals surface area contributed by atoms with Crippen molar-refractivity contribution in [3.05, 3.63) is 24.3 Å². The Balaban J connectivity index is 1.61.